The molecular weight excluding hydrogens is 325 g/mol. The number of carbonyl (C=O) groups excluding carboxylic acids is 2. The summed E-state index contributed by atoms with van der Waals surface area (Å²) in [6.45, 7) is 4.88. The molecule has 5 nitrogen and oxygen atoms in total. The number of nitrogens with one attached hydrogen (secondary N) is 2. The zero-order valence-corrected chi connectivity index (χ0v) is 13.4. The first-order valence-electron chi connectivity index (χ1n) is 7.45. The molecule has 0 saturated carbocycles. The lowest BCUT2D eigenvalue weighted by Crippen LogP contribution is -2.72. The Kier molecular flexibility index (Phi) is 4.63. The molecule has 0 bridgehead atoms. The smallest absolute Gasteiger partial charge is 0.363 e. The van der Waals surface area contributed by atoms with Crippen molar-refractivity contribution in [3.63, 3.8) is 0 Å². The number of benzene rings is 1. The van der Waals surface area contributed by atoms with E-state index in [0.717, 1.165) is 12.5 Å². The molecule has 0 spiro atoms. The molecule has 1 aliphatic heterocycles. The largest absolute Gasteiger partial charge is 0.437 e. The van der Waals surface area contributed by atoms with Crippen LogP contribution < -0.4 is 10.6 Å². The van der Waals surface area contributed by atoms with E-state index in [1.807, 2.05) is 13.8 Å². The highest BCUT2D eigenvalue weighted by Crippen LogP contribution is 2.42. The van der Waals surface area contributed by atoms with Crippen LogP contribution in [0.5, 0.6) is 0 Å². The van der Waals surface area contributed by atoms with Crippen molar-refractivity contribution >= 4 is 11.8 Å². The van der Waals surface area contributed by atoms with Crippen molar-refractivity contribution in [3.05, 3.63) is 35.4 Å². The van der Waals surface area contributed by atoms with Gasteiger partial charge in [-0.2, -0.15) is 13.2 Å². The van der Waals surface area contributed by atoms with E-state index in [9.17, 15) is 27.9 Å². The van der Waals surface area contributed by atoms with Crippen LogP contribution in [0.3, 0.4) is 0 Å². The number of carbonyl (C=O) groups is 2. The number of halogens is 3. The van der Waals surface area contributed by atoms with Crippen molar-refractivity contribution in [3.8, 4) is 0 Å². The SMILES string of the molecule is CC(=O)[C@H]1[C@@H](c2ccc(C(C)C)cc2)NC(=O)N[C@@]1(O)C(F)(F)F. The minimum absolute atomic E-state index is 0.220. The molecule has 132 valence electrons. The van der Waals surface area contributed by atoms with Gasteiger partial charge in [0.25, 0.3) is 0 Å². The van der Waals surface area contributed by atoms with E-state index < -0.39 is 35.7 Å². The molecular formula is C16H19F3N2O3. The van der Waals surface area contributed by atoms with Gasteiger partial charge in [0.1, 0.15) is 5.78 Å². The fourth-order valence-electron chi connectivity index (χ4n) is 2.89. The number of aliphatic hydroxyl groups is 1. The first-order chi connectivity index (χ1) is 11.0. The Hall–Kier alpha value is -2.09. The van der Waals surface area contributed by atoms with Gasteiger partial charge in [0.15, 0.2) is 0 Å². The maximum absolute atomic E-state index is 13.3. The minimum Gasteiger partial charge on any atom is -0.363 e. The molecule has 1 aromatic carbocycles. The predicted octanol–water partition coefficient (Wildman–Crippen LogP) is 2.62. The first-order valence-corrected chi connectivity index (χ1v) is 7.45. The number of hydrogen-bond donors (Lipinski definition) is 3. The van der Waals surface area contributed by atoms with Gasteiger partial charge >= 0.3 is 12.2 Å². The third-order valence-corrected chi connectivity index (χ3v) is 4.21. The summed E-state index contributed by atoms with van der Waals surface area (Å²) in [5.41, 5.74) is -2.34. The summed E-state index contributed by atoms with van der Waals surface area (Å²) in [6, 6.07) is 4.07. The highest BCUT2D eigenvalue weighted by Gasteiger charge is 2.65. The van der Waals surface area contributed by atoms with Gasteiger partial charge in [0, 0.05) is 0 Å². The second-order valence-corrected chi connectivity index (χ2v) is 6.25. The van der Waals surface area contributed by atoms with Crippen LogP contribution in [-0.2, 0) is 4.79 Å². The number of alkyl halides is 3. The molecule has 1 aliphatic rings. The number of urea groups is 1. The quantitative estimate of drug-likeness (QED) is 0.789. The van der Waals surface area contributed by atoms with Crippen LogP contribution in [0.2, 0.25) is 0 Å². The summed E-state index contributed by atoms with van der Waals surface area (Å²) in [6.07, 6.45) is -5.20. The molecule has 1 saturated heterocycles. The Balaban J connectivity index is 2.50. The van der Waals surface area contributed by atoms with E-state index in [4.69, 9.17) is 0 Å². The van der Waals surface area contributed by atoms with E-state index in [0.29, 0.717) is 5.56 Å². The van der Waals surface area contributed by atoms with E-state index >= 15 is 0 Å². The number of rotatable bonds is 3. The van der Waals surface area contributed by atoms with Gasteiger partial charge in [-0.25, -0.2) is 4.79 Å². The molecule has 2 rings (SSSR count). The summed E-state index contributed by atoms with van der Waals surface area (Å²) in [5.74, 6) is -2.57. The van der Waals surface area contributed by atoms with Gasteiger partial charge in [-0.15, -0.1) is 0 Å². The minimum atomic E-state index is -5.20. The molecule has 2 amide bonds. The molecule has 0 unspecified atom stereocenters. The van der Waals surface area contributed by atoms with Crippen molar-refractivity contribution < 1.29 is 27.9 Å². The topological polar surface area (TPSA) is 78.4 Å². The fraction of sp³-hybridized carbons (Fsp3) is 0.500. The molecule has 0 radical (unpaired) electrons. The van der Waals surface area contributed by atoms with Crippen LogP contribution >= 0.6 is 0 Å². The lowest BCUT2D eigenvalue weighted by atomic mass is 9.79. The normalized spacial score (nSPS) is 27.6. The van der Waals surface area contributed by atoms with Crippen molar-refractivity contribution in [1.29, 1.82) is 0 Å². The van der Waals surface area contributed by atoms with E-state index in [1.54, 1.807) is 24.3 Å². The van der Waals surface area contributed by atoms with Crippen molar-refractivity contribution in [2.45, 2.75) is 44.6 Å². The number of amides is 2. The zero-order chi connectivity index (χ0) is 18.3. The Morgan fingerprint density at radius 1 is 1.25 bits per heavy atom. The second kappa shape index (κ2) is 6.08. The van der Waals surface area contributed by atoms with Crippen LogP contribution in [-0.4, -0.2) is 28.8 Å². The Labute approximate surface area is 137 Å². The van der Waals surface area contributed by atoms with Crippen molar-refractivity contribution in [2.24, 2.45) is 5.92 Å². The average Bonchev–Trinajstić information content (AvgIpc) is 2.44. The van der Waals surface area contributed by atoms with E-state index in [-0.39, 0.29) is 5.92 Å². The number of Topliss-reactive ketones (excluding diaryl/α,β-unsaturated/α-hetero) is 1. The summed E-state index contributed by atoms with van der Waals surface area (Å²) in [7, 11) is 0. The molecule has 1 aromatic rings. The highest BCUT2D eigenvalue weighted by atomic mass is 19.4. The van der Waals surface area contributed by atoms with Crippen LogP contribution in [0.4, 0.5) is 18.0 Å². The lowest BCUT2D eigenvalue weighted by molar-refractivity contribution is -0.290. The standard InChI is InChI=1S/C16H19F3N2O3/c1-8(2)10-4-6-11(7-5-10)13-12(9(3)22)15(24,16(17,18)19)21-14(23)20-13/h4-8,12-13,24H,1-3H3,(H2,20,21,23)/t12-,13+,15-/m0/s1. The summed E-state index contributed by atoms with van der Waals surface area (Å²) in [4.78, 5) is 23.5. The maximum Gasteiger partial charge on any atom is 0.437 e. The average molecular weight is 344 g/mol. The van der Waals surface area contributed by atoms with Gasteiger partial charge in [-0.1, -0.05) is 38.1 Å². The number of ketones is 1. The van der Waals surface area contributed by atoms with Gasteiger partial charge in [0.2, 0.25) is 5.72 Å². The molecule has 8 heteroatoms. The molecule has 3 atom stereocenters. The van der Waals surface area contributed by atoms with Crippen molar-refractivity contribution in [1.82, 2.24) is 10.6 Å². The molecule has 0 aliphatic carbocycles. The maximum atomic E-state index is 13.3. The van der Waals surface area contributed by atoms with Gasteiger partial charge in [-0.05, 0) is 24.0 Å². The fourth-order valence-corrected chi connectivity index (χ4v) is 2.89. The van der Waals surface area contributed by atoms with Crippen molar-refractivity contribution in [2.75, 3.05) is 0 Å². The van der Waals surface area contributed by atoms with Crippen LogP contribution in [0.1, 0.15) is 43.9 Å². The molecule has 0 aromatic heterocycles. The van der Waals surface area contributed by atoms with Gasteiger partial charge < -0.3 is 15.7 Å². The van der Waals surface area contributed by atoms with Crippen LogP contribution in [0, 0.1) is 5.92 Å². The van der Waals surface area contributed by atoms with Crippen LogP contribution in [0.15, 0.2) is 24.3 Å². The van der Waals surface area contributed by atoms with Gasteiger partial charge in [-0.3, -0.25) is 4.79 Å². The summed E-state index contributed by atoms with van der Waals surface area (Å²) >= 11 is 0. The third-order valence-electron chi connectivity index (χ3n) is 4.21. The molecule has 1 heterocycles. The van der Waals surface area contributed by atoms with E-state index in [2.05, 4.69) is 5.32 Å². The molecule has 3 N–H and O–H groups in total. The van der Waals surface area contributed by atoms with E-state index in [1.165, 1.54) is 5.32 Å². The summed E-state index contributed by atoms with van der Waals surface area (Å²) in [5, 5.41) is 13.8. The summed E-state index contributed by atoms with van der Waals surface area (Å²) < 4.78 is 40.0. The predicted molar refractivity (Wildman–Crippen MR) is 80.1 cm³/mol. The molecule has 24 heavy (non-hydrogen) atoms. The monoisotopic (exact) mass is 344 g/mol. The Bertz CT molecular complexity index is 643. The first kappa shape index (κ1) is 18.3. The lowest BCUT2D eigenvalue weighted by Gasteiger charge is -2.44. The zero-order valence-electron chi connectivity index (χ0n) is 13.4. The third kappa shape index (κ3) is 3.10. The Morgan fingerprint density at radius 2 is 1.79 bits per heavy atom. The van der Waals surface area contributed by atoms with Gasteiger partial charge in [0.05, 0.1) is 12.0 Å². The second-order valence-electron chi connectivity index (χ2n) is 6.25. The molecule has 1 fully saturated rings. The highest BCUT2D eigenvalue weighted by molar-refractivity contribution is 5.86. The van der Waals surface area contributed by atoms with Crippen LogP contribution in [0.25, 0.3) is 0 Å². The number of hydrogen-bond acceptors (Lipinski definition) is 3. The Morgan fingerprint density at radius 3 is 2.21 bits per heavy atom.